The van der Waals surface area contributed by atoms with E-state index in [-0.39, 0.29) is 12.0 Å². The topological polar surface area (TPSA) is 60.2 Å². The van der Waals surface area contributed by atoms with Crippen LogP contribution in [0.25, 0.3) is 0 Å². The van der Waals surface area contributed by atoms with Crippen LogP contribution in [0.3, 0.4) is 0 Å². The number of nitrogens with zero attached hydrogens (tertiary/aromatic N) is 1. The van der Waals surface area contributed by atoms with Gasteiger partial charge in [0.15, 0.2) is 5.01 Å². The van der Waals surface area contributed by atoms with Gasteiger partial charge >= 0.3 is 6.18 Å². The van der Waals surface area contributed by atoms with Gasteiger partial charge in [-0.1, -0.05) is 13.8 Å². The Labute approximate surface area is 114 Å². The predicted octanol–water partition coefficient (Wildman–Crippen LogP) is 2.73. The van der Waals surface area contributed by atoms with Crippen molar-refractivity contribution in [2.75, 3.05) is 6.61 Å². The molecule has 0 aromatic carbocycles. The second-order valence-electron chi connectivity index (χ2n) is 4.37. The van der Waals surface area contributed by atoms with Gasteiger partial charge in [-0.25, -0.2) is 10.4 Å². The molecular weight excluding hydrogens is 279 g/mol. The molecule has 0 aliphatic rings. The Bertz CT molecular complexity index is 395. The maximum atomic E-state index is 12.5. The van der Waals surface area contributed by atoms with E-state index in [2.05, 4.69) is 10.4 Å². The first-order valence-corrected chi connectivity index (χ1v) is 6.73. The number of halogens is 3. The molecule has 8 heteroatoms. The van der Waals surface area contributed by atoms with Crippen molar-refractivity contribution in [3.63, 3.8) is 0 Å². The Kier molecular flexibility index (Phi) is 5.72. The van der Waals surface area contributed by atoms with E-state index in [1.165, 1.54) is 6.20 Å². The molecule has 4 nitrogen and oxygen atoms in total. The van der Waals surface area contributed by atoms with Crippen molar-refractivity contribution in [2.45, 2.75) is 39.1 Å². The molecule has 19 heavy (non-hydrogen) atoms. The molecule has 0 bridgehead atoms. The van der Waals surface area contributed by atoms with Gasteiger partial charge in [-0.05, 0) is 12.8 Å². The van der Waals surface area contributed by atoms with E-state index in [0.717, 1.165) is 0 Å². The molecule has 0 fully saturated rings. The maximum Gasteiger partial charge on any atom is 0.443 e. The van der Waals surface area contributed by atoms with Crippen LogP contribution in [0.1, 0.15) is 36.7 Å². The third kappa shape index (κ3) is 4.13. The largest absolute Gasteiger partial charge is 0.443 e. The van der Waals surface area contributed by atoms with E-state index in [9.17, 15) is 13.2 Å². The molecule has 0 amide bonds. The lowest BCUT2D eigenvalue weighted by atomic mass is 9.99. The second kappa shape index (κ2) is 6.65. The van der Waals surface area contributed by atoms with Crippen LogP contribution in [-0.4, -0.2) is 17.7 Å². The highest BCUT2D eigenvalue weighted by Crippen LogP contribution is 2.36. The zero-order valence-corrected chi connectivity index (χ0v) is 11.8. The van der Waals surface area contributed by atoms with E-state index in [4.69, 9.17) is 10.6 Å². The van der Waals surface area contributed by atoms with Gasteiger partial charge < -0.3 is 4.74 Å². The number of nitrogens with two attached hydrogens (primary N) is 1. The number of rotatable bonds is 6. The van der Waals surface area contributed by atoms with E-state index < -0.39 is 17.2 Å². The van der Waals surface area contributed by atoms with Crippen molar-refractivity contribution in [1.82, 2.24) is 10.4 Å². The minimum Gasteiger partial charge on any atom is -0.376 e. The first kappa shape index (κ1) is 16.4. The average molecular weight is 297 g/mol. The molecular formula is C11H18F3N3OS. The Morgan fingerprint density at radius 2 is 2.11 bits per heavy atom. The molecule has 0 saturated carbocycles. The molecule has 110 valence electrons. The fourth-order valence-electron chi connectivity index (χ4n) is 1.77. The van der Waals surface area contributed by atoms with Crippen LogP contribution in [0.5, 0.6) is 0 Å². The van der Waals surface area contributed by atoms with Crippen LogP contribution in [0.2, 0.25) is 0 Å². The summed E-state index contributed by atoms with van der Waals surface area (Å²) in [7, 11) is 0. The van der Waals surface area contributed by atoms with Crippen molar-refractivity contribution < 1.29 is 17.9 Å². The molecule has 0 aliphatic carbocycles. The highest BCUT2D eigenvalue weighted by Gasteiger charge is 2.36. The summed E-state index contributed by atoms with van der Waals surface area (Å²) in [5, 5.41) is -0.873. The zero-order chi connectivity index (χ0) is 14.6. The molecule has 0 aliphatic heterocycles. The van der Waals surface area contributed by atoms with E-state index in [0.29, 0.717) is 22.8 Å². The minimum atomic E-state index is -4.43. The Morgan fingerprint density at radius 1 is 1.47 bits per heavy atom. The molecule has 1 aromatic heterocycles. The minimum absolute atomic E-state index is 0.109. The highest BCUT2D eigenvalue weighted by molar-refractivity contribution is 7.11. The first-order valence-electron chi connectivity index (χ1n) is 5.91. The number of thiazole rings is 1. The normalized spacial score (nSPS) is 15.8. The van der Waals surface area contributed by atoms with E-state index >= 15 is 0 Å². The number of hydrazine groups is 1. The van der Waals surface area contributed by atoms with Crippen LogP contribution in [0, 0.1) is 5.92 Å². The van der Waals surface area contributed by atoms with Crippen molar-refractivity contribution >= 4 is 11.3 Å². The van der Waals surface area contributed by atoms with E-state index in [1.807, 2.05) is 20.8 Å². The highest BCUT2D eigenvalue weighted by atomic mass is 32.1. The van der Waals surface area contributed by atoms with Gasteiger partial charge in [0.2, 0.25) is 0 Å². The van der Waals surface area contributed by atoms with Gasteiger partial charge in [-0.2, -0.15) is 13.2 Å². The third-order valence-corrected chi connectivity index (χ3v) is 3.72. The lowest BCUT2D eigenvalue weighted by Gasteiger charge is -2.28. The quantitative estimate of drug-likeness (QED) is 0.626. The summed E-state index contributed by atoms with van der Waals surface area (Å²) in [6, 6.07) is -0.506. The summed E-state index contributed by atoms with van der Waals surface area (Å²) < 4.78 is 43.2. The zero-order valence-electron chi connectivity index (χ0n) is 11.0. The maximum absolute atomic E-state index is 12.5. The Hall–Kier alpha value is -0.700. The summed E-state index contributed by atoms with van der Waals surface area (Å²) in [5.41, 5.74) is 2.53. The molecule has 1 aromatic rings. The number of hydrogen-bond acceptors (Lipinski definition) is 5. The summed E-state index contributed by atoms with van der Waals surface area (Å²) in [5.74, 6) is 5.57. The van der Waals surface area contributed by atoms with Gasteiger partial charge in [-0.3, -0.25) is 5.84 Å². The van der Waals surface area contributed by atoms with Crippen LogP contribution in [0.4, 0.5) is 13.2 Å². The fourth-order valence-corrected chi connectivity index (χ4v) is 2.65. The molecule has 3 N–H and O–H groups in total. The first-order chi connectivity index (χ1) is 8.81. The molecule has 0 saturated heterocycles. The van der Waals surface area contributed by atoms with Crippen LogP contribution >= 0.6 is 11.3 Å². The van der Waals surface area contributed by atoms with Crippen molar-refractivity contribution in [3.05, 3.63) is 16.1 Å². The summed E-state index contributed by atoms with van der Waals surface area (Å²) in [6.07, 6.45) is -3.54. The second-order valence-corrected chi connectivity index (χ2v) is 5.44. The molecule has 2 atom stereocenters. The SMILES string of the molecule is CCOC(C(C)C)C(NN)c1cnc(C(F)(F)F)s1. The van der Waals surface area contributed by atoms with Crippen molar-refractivity contribution in [3.8, 4) is 0 Å². The molecule has 1 heterocycles. The summed E-state index contributed by atoms with van der Waals surface area (Å²) >= 11 is 0.585. The lowest BCUT2D eigenvalue weighted by molar-refractivity contribution is -0.137. The molecule has 0 radical (unpaired) electrons. The molecule has 2 unspecified atom stereocenters. The van der Waals surface area contributed by atoms with Crippen LogP contribution in [0.15, 0.2) is 6.20 Å². The van der Waals surface area contributed by atoms with E-state index in [1.54, 1.807) is 0 Å². The monoisotopic (exact) mass is 297 g/mol. The number of ether oxygens (including phenoxy) is 1. The Morgan fingerprint density at radius 3 is 2.47 bits per heavy atom. The van der Waals surface area contributed by atoms with Gasteiger partial charge in [0.05, 0.1) is 12.1 Å². The standard InChI is InChI=1S/C11H18F3N3OS/c1-4-18-9(6(2)3)8(17-15)7-5-16-10(19-7)11(12,13)14/h5-6,8-9,17H,4,15H2,1-3H3. The molecule has 0 spiro atoms. The average Bonchev–Trinajstić information content (AvgIpc) is 2.77. The number of hydrogen-bond donors (Lipinski definition) is 2. The Balaban J connectivity index is 2.98. The summed E-state index contributed by atoms with van der Waals surface area (Å²) in [6.45, 7) is 6.15. The smallest absolute Gasteiger partial charge is 0.376 e. The van der Waals surface area contributed by atoms with Crippen LogP contribution in [-0.2, 0) is 10.9 Å². The summed E-state index contributed by atoms with van der Waals surface area (Å²) in [4.78, 5) is 3.82. The van der Waals surface area contributed by atoms with Gasteiger partial charge in [0.25, 0.3) is 0 Å². The lowest BCUT2D eigenvalue weighted by Crippen LogP contribution is -2.40. The number of alkyl halides is 3. The van der Waals surface area contributed by atoms with Gasteiger partial charge in [-0.15, -0.1) is 11.3 Å². The number of aromatic nitrogens is 1. The number of nitrogens with one attached hydrogen (secondary N) is 1. The van der Waals surface area contributed by atoms with Crippen molar-refractivity contribution in [2.24, 2.45) is 11.8 Å². The molecule has 1 rings (SSSR count). The van der Waals surface area contributed by atoms with Gasteiger partial charge in [0, 0.05) is 17.7 Å². The van der Waals surface area contributed by atoms with Gasteiger partial charge in [0.1, 0.15) is 0 Å². The van der Waals surface area contributed by atoms with Crippen LogP contribution < -0.4 is 11.3 Å². The third-order valence-electron chi connectivity index (χ3n) is 2.60. The fraction of sp³-hybridized carbons (Fsp3) is 0.727. The predicted molar refractivity (Wildman–Crippen MR) is 67.4 cm³/mol. The van der Waals surface area contributed by atoms with Crippen molar-refractivity contribution in [1.29, 1.82) is 0 Å².